The van der Waals surface area contributed by atoms with Crippen LogP contribution in [0.25, 0.3) is 0 Å². The van der Waals surface area contributed by atoms with E-state index in [1.54, 1.807) is 0 Å². The third kappa shape index (κ3) is 15.1. The quantitative estimate of drug-likeness (QED) is 0.229. The number of hydrogen-bond acceptors (Lipinski definition) is 0. The highest BCUT2D eigenvalue weighted by molar-refractivity contribution is 6.48. The SMILES string of the molecule is CCCCCCCCCCCCCCC(Cl)C(Cl)Cl. The monoisotopic (exact) mass is 328 g/mol. The Kier molecular flexibility index (Phi) is 16.0. The predicted octanol–water partition coefficient (Wildman–Crippen LogP) is 7.49. The van der Waals surface area contributed by atoms with Gasteiger partial charge in [0.05, 0.1) is 5.38 Å². The Bertz CT molecular complexity index is 171. The lowest BCUT2D eigenvalue weighted by molar-refractivity contribution is 0.538. The Labute approximate surface area is 135 Å². The third-order valence-corrected chi connectivity index (χ3v) is 4.94. The molecule has 0 amide bonds. The first-order valence-corrected chi connectivity index (χ1v) is 9.41. The maximum atomic E-state index is 5.99. The van der Waals surface area contributed by atoms with Crippen LogP contribution in [-0.4, -0.2) is 10.2 Å². The van der Waals surface area contributed by atoms with Crippen LogP contribution in [0.3, 0.4) is 0 Å². The van der Waals surface area contributed by atoms with Crippen molar-refractivity contribution < 1.29 is 0 Å². The van der Waals surface area contributed by atoms with Gasteiger partial charge in [-0.15, -0.1) is 34.8 Å². The van der Waals surface area contributed by atoms with Gasteiger partial charge in [-0.25, -0.2) is 0 Å². The molecule has 0 aromatic heterocycles. The molecule has 0 rings (SSSR count). The van der Waals surface area contributed by atoms with Crippen LogP contribution >= 0.6 is 34.8 Å². The summed E-state index contributed by atoms with van der Waals surface area (Å²) in [6, 6.07) is 0. The fraction of sp³-hybridized carbons (Fsp3) is 1.00. The van der Waals surface area contributed by atoms with Crippen molar-refractivity contribution in [2.75, 3.05) is 0 Å². The highest BCUT2D eigenvalue weighted by Crippen LogP contribution is 2.20. The maximum Gasteiger partial charge on any atom is 0.124 e. The van der Waals surface area contributed by atoms with Gasteiger partial charge in [0.25, 0.3) is 0 Å². The van der Waals surface area contributed by atoms with Gasteiger partial charge in [0.2, 0.25) is 0 Å². The van der Waals surface area contributed by atoms with Crippen molar-refractivity contribution in [2.24, 2.45) is 0 Å². The zero-order chi connectivity index (χ0) is 14.3. The number of alkyl halides is 3. The van der Waals surface area contributed by atoms with Crippen LogP contribution in [0, 0.1) is 0 Å². The topological polar surface area (TPSA) is 0 Å². The van der Waals surface area contributed by atoms with Gasteiger partial charge in [0, 0.05) is 0 Å². The van der Waals surface area contributed by atoms with Crippen molar-refractivity contribution >= 4 is 34.8 Å². The van der Waals surface area contributed by atoms with Crippen molar-refractivity contribution in [1.29, 1.82) is 0 Å². The minimum absolute atomic E-state index is 0.0774. The molecular formula is C16H31Cl3. The van der Waals surface area contributed by atoms with Gasteiger partial charge in [-0.1, -0.05) is 84.0 Å². The molecule has 0 aliphatic rings. The second-order valence-electron chi connectivity index (χ2n) is 5.53. The predicted molar refractivity (Wildman–Crippen MR) is 90.8 cm³/mol. The average molecular weight is 330 g/mol. The number of halogens is 3. The Morgan fingerprint density at radius 1 is 0.579 bits per heavy atom. The Balaban J connectivity index is 3.03. The molecule has 0 aliphatic carbocycles. The minimum Gasteiger partial charge on any atom is -0.120 e. The summed E-state index contributed by atoms with van der Waals surface area (Å²) in [6.45, 7) is 2.27. The largest absolute Gasteiger partial charge is 0.124 e. The number of unbranched alkanes of at least 4 members (excludes halogenated alkanes) is 11. The van der Waals surface area contributed by atoms with Crippen LogP contribution in [0.4, 0.5) is 0 Å². The first kappa shape index (κ1) is 19.9. The summed E-state index contributed by atoms with van der Waals surface area (Å²) in [5.74, 6) is 0. The molecule has 0 nitrogen and oxygen atoms in total. The Morgan fingerprint density at radius 2 is 0.947 bits per heavy atom. The summed E-state index contributed by atoms with van der Waals surface area (Å²) in [7, 11) is 0. The van der Waals surface area contributed by atoms with E-state index in [-0.39, 0.29) is 5.38 Å². The minimum atomic E-state index is -0.422. The van der Waals surface area contributed by atoms with Crippen molar-refractivity contribution in [3.63, 3.8) is 0 Å². The first-order chi connectivity index (χ1) is 9.18. The molecule has 1 unspecified atom stereocenters. The molecule has 1 atom stereocenters. The van der Waals surface area contributed by atoms with Crippen molar-refractivity contribution in [2.45, 2.75) is 101 Å². The summed E-state index contributed by atoms with van der Waals surface area (Å²) in [5.41, 5.74) is 0. The van der Waals surface area contributed by atoms with Crippen LogP contribution in [-0.2, 0) is 0 Å². The van der Waals surface area contributed by atoms with Crippen LogP contribution in [0.5, 0.6) is 0 Å². The standard InChI is InChI=1S/C16H31Cl3/c1-2-3-4-5-6-7-8-9-10-11-12-13-14-15(17)16(18)19/h15-16H,2-14H2,1H3. The van der Waals surface area contributed by atoms with Crippen molar-refractivity contribution in [1.82, 2.24) is 0 Å². The molecular weight excluding hydrogens is 299 g/mol. The van der Waals surface area contributed by atoms with E-state index in [1.807, 2.05) is 0 Å². The lowest BCUT2D eigenvalue weighted by Gasteiger charge is -2.09. The van der Waals surface area contributed by atoms with Gasteiger partial charge in [-0.2, -0.15) is 0 Å². The fourth-order valence-corrected chi connectivity index (χ4v) is 2.71. The zero-order valence-corrected chi connectivity index (χ0v) is 14.7. The van der Waals surface area contributed by atoms with E-state index in [0.717, 1.165) is 12.8 Å². The van der Waals surface area contributed by atoms with Crippen LogP contribution < -0.4 is 0 Å². The fourth-order valence-electron chi connectivity index (χ4n) is 2.31. The number of rotatable bonds is 14. The molecule has 0 heterocycles. The Hall–Kier alpha value is 0.870. The van der Waals surface area contributed by atoms with Crippen molar-refractivity contribution in [3.8, 4) is 0 Å². The molecule has 0 spiro atoms. The van der Waals surface area contributed by atoms with E-state index in [2.05, 4.69) is 6.92 Å². The molecule has 116 valence electrons. The van der Waals surface area contributed by atoms with E-state index in [1.165, 1.54) is 70.6 Å². The van der Waals surface area contributed by atoms with Gasteiger partial charge in [0.1, 0.15) is 4.84 Å². The van der Waals surface area contributed by atoms with Gasteiger partial charge in [-0.3, -0.25) is 0 Å². The lowest BCUT2D eigenvalue weighted by Crippen LogP contribution is -2.07. The van der Waals surface area contributed by atoms with E-state index < -0.39 is 4.84 Å². The second-order valence-corrected chi connectivity index (χ2v) is 7.25. The normalized spacial score (nSPS) is 13.1. The Morgan fingerprint density at radius 3 is 1.32 bits per heavy atom. The van der Waals surface area contributed by atoms with E-state index in [0.29, 0.717) is 0 Å². The molecule has 19 heavy (non-hydrogen) atoms. The number of hydrogen-bond donors (Lipinski definition) is 0. The van der Waals surface area contributed by atoms with Crippen molar-refractivity contribution in [3.05, 3.63) is 0 Å². The second kappa shape index (κ2) is 15.3. The molecule has 0 saturated carbocycles. The molecule has 0 N–H and O–H groups in total. The van der Waals surface area contributed by atoms with Gasteiger partial charge >= 0.3 is 0 Å². The highest BCUT2D eigenvalue weighted by Gasteiger charge is 2.12. The van der Waals surface area contributed by atoms with Gasteiger partial charge < -0.3 is 0 Å². The van der Waals surface area contributed by atoms with Gasteiger partial charge in [-0.05, 0) is 6.42 Å². The highest BCUT2D eigenvalue weighted by atomic mass is 35.5. The molecule has 0 aromatic carbocycles. The van der Waals surface area contributed by atoms with Gasteiger partial charge in [0.15, 0.2) is 0 Å². The summed E-state index contributed by atoms with van der Waals surface area (Å²) in [5, 5.41) is -0.0774. The van der Waals surface area contributed by atoms with E-state index >= 15 is 0 Å². The molecule has 0 saturated heterocycles. The van der Waals surface area contributed by atoms with Crippen LogP contribution in [0.2, 0.25) is 0 Å². The smallest absolute Gasteiger partial charge is 0.120 e. The summed E-state index contributed by atoms with van der Waals surface area (Å²) in [6.07, 6.45) is 17.3. The lowest BCUT2D eigenvalue weighted by atomic mass is 10.0. The molecule has 3 heteroatoms. The molecule has 0 radical (unpaired) electrons. The zero-order valence-electron chi connectivity index (χ0n) is 12.5. The first-order valence-electron chi connectivity index (χ1n) is 8.10. The van der Waals surface area contributed by atoms with E-state index in [9.17, 15) is 0 Å². The molecule has 0 fully saturated rings. The van der Waals surface area contributed by atoms with Crippen LogP contribution in [0.15, 0.2) is 0 Å². The molecule has 0 aliphatic heterocycles. The summed E-state index contributed by atoms with van der Waals surface area (Å²) < 4.78 is 0. The summed E-state index contributed by atoms with van der Waals surface area (Å²) in [4.78, 5) is -0.422. The maximum absolute atomic E-state index is 5.99. The van der Waals surface area contributed by atoms with E-state index in [4.69, 9.17) is 34.8 Å². The average Bonchev–Trinajstić information content (AvgIpc) is 2.39. The molecule has 0 bridgehead atoms. The summed E-state index contributed by atoms with van der Waals surface area (Å²) >= 11 is 17.4. The molecule has 0 aromatic rings. The third-order valence-electron chi connectivity index (χ3n) is 3.61. The van der Waals surface area contributed by atoms with Crippen LogP contribution in [0.1, 0.15) is 90.4 Å².